The maximum Gasteiger partial charge on any atom is 0.207 e. The number of anilines is 1. The Morgan fingerprint density at radius 1 is 1.27 bits per heavy atom. The Kier molecular flexibility index (Phi) is 5.68. The van der Waals surface area contributed by atoms with Gasteiger partial charge in [0.05, 0.1) is 5.56 Å². The number of aliphatic hydroxyl groups excluding tert-OH is 1. The van der Waals surface area contributed by atoms with Crippen molar-refractivity contribution in [1.82, 2.24) is 25.9 Å². The number of rotatable bonds is 6. The van der Waals surface area contributed by atoms with E-state index in [-0.39, 0.29) is 6.61 Å². The van der Waals surface area contributed by atoms with Gasteiger partial charge in [-0.2, -0.15) is 5.21 Å². The van der Waals surface area contributed by atoms with Crippen LogP contribution >= 0.6 is 24.4 Å². The zero-order chi connectivity index (χ0) is 17.9. The van der Waals surface area contributed by atoms with Gasteiger partial charge in [0.25, 0.3) is 0 Å². The molecule has 9 heteroatoms. The van der Waals surface area contributed by atoms with Gasteiger partial charge >= 0.3 is 0 Å². The number of thiol groups is 1. The van der Waals surface area contributed by atoms with E-state index in [4.69, 9.17) is 12.6 Å². The molecule has 2 saturated heterocycles. The highest BCUT2D eigenvalue weighted by Crippen LogP contribution is 2.42. The van der Waals surface area contributed by atoms with Crippen LogP contribution < -0.4 is 10.2 Å². The molecular formula is C17H24N6OS2. The zero-order valence-electron chi connectivity index (χ0n) is 14.6. The Morgan fingerprint density at radius 3 is 2.69 bits per heavy atom. The second-order valence-corrected chi connectivity index (χ2v) is 8.67. The van der Waals surface area contributed by atoms with Crippen molar-refractivity contribution in [2.75, 3.05) is 37.7 Å². The minimum atomic E-state index is 0.279. The Bertz CT molecular complexity index is 729. The number of hydrogen-bond donors (Lipinski definition) is 4. The normalized spacial score (nSPS) is 18.9. The fraction of sp³-hybridized carbons (Fsp3) is 0.588. The van der Waals surface area contributed by atoms with Crippen LogP contribution in [0.1, 0.15) is 19.3 Å². The summed E-state index contributed by atoms with van der Waals surface area (Å²) in [6.45, 7) is 4.30. The van der Waals surface area contributed by atoms with Gasteiger partial charge in [0.2, 0.25) is 5.82 Å². The lowest BCUT2D eigenvalue weighted by molar-refractivity contribution is 0.240. The third-order valence-corrected chi connectivity index (χ3v) is 7.09. The lowest BCUT2D eigenvalue weighted by Crippen LogP contribution is -2.44. The van der Waals surface area contributed by atoms with Crippen molar-refractivity contribution in [2.24, 2.45) is 5.92 Å². The molecule has 0 atom stereocenters. The molecule has 3 heterocycles. The lowest BCUT2D eigenvalue weighted by Gasteiger charge is -2.35. The van der Waals surface area contributed by atoms with Crippen molar-refractivity contribution in [3.63, 3.8) is 0 Å². The van der Waals surface area contributed by atoms with Gasteiger partial charge in [-0.25, -0.2) is 0 Å². The molecule has 1 aromatic carbocycles. The summed E-state index contributed by atoms with van der Waals surface area (Å²) in [5, 5.41) is 27.8. The first kappa shape index (κ1) is 18.1. The number of thioether (sulfide) groups is 1. The summed E-state index contributed by atoms with van der Waals surface area (Å²) >= 11 is 6.71. The van der Waals surface area contributed by atoms with Crippen LogP contribution in [0.25, 0.3) is 11.4 Å². The number of aromatic nitrogens is 4. The predicted octanol–water partition coefficient (Wildman–Crippen LogP) is 1.82. The van der Waals surface area contributed by atoms with Gasteiger partial charge in [-0.05, 0) is 42.5 Å². The van der Waals surface area contributed by atoms with Crippen LogP contribution in [0.2, 0.25) is 0 Å². The molecule has 0 saturated carbocycles. The molecule has 4 rings (SSSR count). The van der Waals surface area contributed by atoms with E-state index in [1.54, 1.807) is 0 Å². The second-order valence-electron chi connectivity index (χ2n) is 6.88. The third kappa shape index (κ3) is 3.71. The van der Waals surface area contributed by atoms with Crippen molar-refractivity contribution in [1.29, 1.82) is 0 Å². The Morgan fingerprint density at radius 2 is 2.08 bits per heavy atom. The topological polar surface area (TPSA) is 90.0 Å². The van der Waals surface area contributed by atoms with E-state index in [2.05, 4.69) is 43.0 Å². The van der Waals surface area contributed by atoms with Crippen LogP contribution in [0.5, 0.6) is 0 Å². The summed E-state index contributed by atoms with van der Waals surface area (Å²) in [5.41, 5.74) is 2.08. The first-order valence-corrected chi connectivity index (χ1v) is 10.4. The number of nitrogens with zero attached hydrogens (tertiary/aromatic N) is 4. The molecule has 3 N–H and O–H groups in total. The van der Waals surface area contributed by atoms with Crippen molar-refractivity contribution in [3.8, 4) is 11.4 Å². The lowest BCUT2D eigenvalue weighted by atomic mass is 9.93. The smallest absolute Gasteiger partial charge is 0.207 e. The fourth-order valence-electron chi connectivity index (χ4n) is 3.58. The van der Waals surface area contributed by atoms with Crippen LogP contribution in [0.3, 0.4) is 0 Å². The molecule has 2 aromatic rings. The Labute approximate surface area is 162 Å². The molecule has 26 heavy (non-hydrogen) atoms. The highest BCUT2D eigenvalue weighted by atomic mass is 32.2. The van der Waals surface area contributed by atoms with Crippen molar-refractivity contribution in [3.05, 3.63) is 12.1 Å². The minimum absolute atomic E-state index is 0.279. The van der Waals surface area contributed by atoms with Gasteiger partial charge in [0, 0.05) is 53.5 Å². The molecule has 7 nitrogen and oxygen atoms in total. The summed E-state index contributed by atoms with van der Waals surface area (Å²) in [4.78, 5) is 4.48. The summed E-state index contributed by atoms with van der Waals surface area (Å²) < 4.78 is 0. The summed E-state index contributed by atoms with van der Waals surface area (Å²) in [6, 6.07) is 4.34. The average molecular weight is 393 g/mol. The molecule has 2 aliphatic rings. The van der Waals surface area contributed by atoms with Crippen molar-refractivity contribution < 1.29 is 5.11 Å². The quantitative estimate of drug-likeness (QED) is 0.558. The first-order chi connectivity index (χ1) is 12.8. The van der Waals surface area contributed by atoms with E-state index in [9.17, 15) is 5.11 Å². The van der Waals surface area contributed by atoms with Gasteiger partial charge < -0.3 is 15.3 Å². The highest BCUT2D eigenvalue weighted by Gasteiger charge is 2.26. The second kappa shape index (κ2) is 8.16. The number of piperidine rings is 1. The van der Waals surface area contributed by atoms with E-state index in [1.807, 2.05) is 11.8 Å². The number of H-pyrrole nitrogens is 1. The van der Waals surface area contributed by atoms with Gasteiger partial charge in [-0.3, -0.25) is 0 Å². The van der Waals surface area contributed by atoms with Gasteiger partial charge in [0.15, 0.2) is 0 Å². The molecule has 0 amide bonds. The molecule has 0 bridgehead atoms. The summed E-state index contributed by atoms with van der Waals surface area (Å²) in [6.07, 6.45) is 3.09. The molecule has 0 spiro atoms. The SMILES string of the molecule is OCCC1CCN(c2ccc(SC3CNC3)c(S)c2-c2nn[nH]n2)CC1. The number of benzene rings is 1. The molecule has 0 unspecified atom stereocenters. The van der Waals surface area contributed by atoms with Crippen LogP contribution in [0.15, 0.2) is 21.9 Å². The number of hydrogen-bond acceptors (Lipinski definition) is 8. The van der Waals surface area contributed by atoms with Crippen LogP contribution in [-0.2, 0) is 0 Å². The monoisotopic (exact) mass is 392 g/mol. The number of nitrogens with one attached hydrogen (secondary N) is 2. The van der Waals surface area contributed by atoms with Gasteiger partial charge in [-0.1, -0.05) is 0 Å². The first-order valence-electron chi connectivity index (χ1n) is 9.09. The van der Waals surface area contributed by atoms with E-state index in [0.29, 0.717) is 17.0 Å². The summed E-state index contributed by atoms with van der Waals surface area (Å²) in [7, 11) is 0. The minimum Gasteiger partial charge on any atom is -0.396 e. The molecule has 2 aliphatic heterocycles. The third-order valence-electron chi connectivity index (χ3n) is 5.22. The van der Waals surface area contributed by atoms with E-state index >= 15 is 0 Å². The van der Waals surface area contributed by atoms with Crippen molar-refractivity contribution >= 4 is 30.1 Å². The average Bonchev–Trinajstić information content (AvgIpc) is 3.14. The van der Waals surface area contributed by atoms with Crippen LogP contribution in [0.4, 0.5) is 5.69 Å². The predicted molar refractivity (Wildman–Crippen MR) is 106 cm³/mol. The maximum atomic E-state index is 9.18. The van der Waals surface area contributed by atoms with Crippen LogP contribution in [0, 0.1) is 5.92 Å². The molecule has 0 radical (unpaired) electrons. The van der Waals surface area contributed by atoms with E-state index in [0.717, 1.165) is 61.6 Å². The van der Waals surface area contributed by atoms with Crippen LogP contribution in [-0.4, -0.2) is 63.8 Å². The number of aromatic amines is 1. The van der Waals surface area contributed by atoms with Gasteiger partial charge in [0.1, 0.15) is 0 Å². The molecule has 1 aromatic heterocycles. The Balaban J connectivity index is 1.62. The fourth-order valence-corrected chi connectivity index (χ4v) is 5.15. The molecule has 140 valence electrons. The molecular weight excluding hydrogens is 368 g/mol. The Hall–Kier alpha value is -1.29. The largest absolute Gasteiger partial charge is 0.396 e. The highest BCUT2D eigenvalue weighted by molar-refractivity contribution is 8.00. The molecule has 0 aliphatic carbocycles. The number of tetrazole rings is 1. The summed E-state index contributed by atoms with van der Waals surface area (Å²) in [5.74, 6) is 1.21. The van der Waals surface area contributed by atoms with E-state index < -0.39 is 0 Å². The van der Waals surface area contributed by atoms with E-state index in [1.165, 1.54) is 4.90 Å². The van der Waals surface area contributed by atoms with Gasteiger partial charge in [-0.15, -0.1) is 34.6 Å². The van der Waals surface area contributed by atoms with Crippen molar-refractivity contribution in [2.45, 2.75) is 34.3 Å². The number of aliphatic hydroxyl groups is 1. The standard InChI is InChI=1S/C17H24N6OS2/c24-8-5-11-3-6-23(7-4-11)13-1-2-14(26-12-9-18-10-12)16(25)15(13)17-19-21-22-20-17/h1-2,11-12,18,24-25H,3-10H2,(H,19,20,21,22). The maximum absolute atomic E-state index is 9.18. The molecule has 2 fully saturated rings. The zero-order valence-corrected chi connectivity index (χ0v) is 16.3.